The Hall–Kier alpha value is -4.13. The molecule has 3 aromatic heterocycles. The summed E-state index contributed by atoms with van der Waals surface area (Å²) in [6, 6.07) is 10.9. The van der Waals surface area contributed by atoms with E-state index in [1.54, 1.807) is 29.2 Å². The molecule has 0 spiro atoms. The van der Waals surface area contributed by atoms with Crippen molar-refractivity contribution in [3.8, 4) is 23.0 Å². The Bertz CT molecular complexity index is 1500. The number of para-hydroxylation sites is 1. The molecular formula is C29H30F2N6O4. The first-order chi connectivity index (χ1) is 19.9. The van der Waals surface area contributed by atoms with Crippen LogP contribution >= 0.6 is 0 Å². The van der Waals surface area contributed by atoms with Gasteiger partial charge >= 0.3 is 6.01 Å². The normalized spacial score (nSPS) is 17.2. The maximum absolute atomic E-state index is 14.0. The lowest BCUT2D eigenvalue weighted by atomic mass is 9.91. The number of Topliss-reactive ketones (excluding diaryl/α,β-unsaturated/α-hetero) is 1. The molecule has 1 aromatic carbocycles. The van der Waals surface area contributed by atoms with Gasteiger partial charge in [0, 0.05) is 68.7 Å². The van der Waals surface area contributed by atoms with Crippen LogP contribution in [0.1, 0.15) is 29.3 Å². The molecule has 2 atom stereocenters. The summed E-state index contributed by atoms with van der Waals surface area (Å²) in [5.74, 6) is -2.61. The molecule has 10 nitrogen and oxygen atoms in total. The van der Waals surface area contributed by atoms with Gasteiger partial charge in [-0.2, -0.15) is 14.6 Å². The number of rotatable bonds is 11. The Kier molecular flexibility index (Phi) is 8.72. The largest absolute Gasteiger partial charge is 0.467 e. The van der Waals surface area contributed by atoms with E-state index in [-0.39, 0.29) is 30.6 Å². The summed E-state index contributed by atoms with van der Waals surface area (Å²) in [6.07, 6.45) is 4.10. The quantitative estimate of drug-likeness (QED) is 0.249. The van der Waals surface area contributed by atoms with Gasteiger partial charge in [0.1, 0.15) is 11.9 Å². The first-order valence-corrected chi connectivity index (χ1v) is 13.1. The number of hydroxylamine groups is 2. The average molecular weight is 565 g/mol. The van der Waals surface area contributed by atoms with Crippen LogP contribution in [0.2, 0.25) is 0 Å². The minimum atomic E-state index is -1.18. The molecule has 5 rings (SSSR count). The van der Waals surface area contributed by atoms with E-state index < -0.39 is 17.9 Å². The first-order valence-electron chi connectivity index (χ1n) is 13.1. The number of carbonyl (C=O) groups excluding carboxylic acids is 1. The van der Waals surface area contributed by atoms with Crippen molar-refractivity contribution >= 4 is 5.78 Å². The fourth-order valence-electron chi connectivity index (χ4n) is 4.97. The van der Waals surface area contributed by atoms with E-state index in [0.29, 0.717) is 36.5 Å². The summed E-state index contributed by atoms with van der Waals surface area (Å²) >= 11 is 0. The monoisotopic (exact) mass is 564 g/mol. The predicted molar refractivity (Wildman–Crippen MR) is 144 cm³/mol. The predicted octanol–water partition coefficient (Wildman–Crippen LogP) is 4.07. The van der Waals surface area contributed by atoms with Crippen molar-refractivity contribution in [3.05, 3.63) is 83.6 Å². The maximum Gasteiger partial charge on any atom is 0.316 e. The molecule has 12 heteroatoms. The van der Waals surface area contributed by atoms with E-state index in [0.717, 1.165) is 23.0 Å². The number of pyridine rings is 1. The van der Waals surface area contributed by atoms with Crippen molar-refractivity contribution in [1.29, 1.82) is 0 Å². The van der Waals surface area contributed by atoms with Gasteiger partial charge in [0.15, 0.2) is 5.82 Å². The molecule has 1 aliphatic rings. The smallest absolute Gasteiger partial charge is 0.316 e. The molecule has 41 heavy (non-hydrogen) atoms. The molecule has 0 amide bonds. The topological polar surface area (TPSA) is 104 Å². The molecule has 0 radical (unpaired) electrons. The number of methoxy groups -OCH3 is 2. The van der Waals surface area contributed by atoms with Crippen LogP contribution in [0.15, 0.2) is 55.0 Å². The van der Waals surface area contributed by atoms with Gasteiger partial charge in [-0.3, -0.25) is 9.63 Å². The van der Waals surface area contributed by atoms with Crippen LogP contribution in [0, 0.1) is 24.6 Å². The van der Waals surface area contributed by atoms with Crippen LogP contribution in [-0.2, 0) is 20.8 Å². The van der Waals surface area contributed by atoms with Crippen molar-refractivity contribution in [2.45, 2.75) is 25.9 Å². The highest BCUT2D eigenvalue weighted by atomic mass is 19.2. The van der Waals surface area contributed by atoms with E-state index in [4.69, 9.17) is 19.4 Å². The Balaban J connectivity index is 1.42. The van der Waals surface area contributed by atoms with Crippen LogP contribution in [0.5, 0.6) is 6.01 Å². The zero-order valence-electron chi connectivity index (χ0n) is 23.0. The Labute approximate surface area is 235 Å². The SMILES string of the molecule is COCCN1C[C@H](CC(=O)Cc2c(C)c(-c3cnc(OC)nc3)nn2-c2ccccc2)[C@@H](c2cnc(F)c(F)c2)O1. The minimum absolute atomic E-state index is 0.0505. The van der Waals surface area contributed by atoms with Gasteiger partial charge in [-0.1, -0.05) is 18.2 Å². The molecule has 0 saturated carbocycles. The highest BCUT2D eigenvalue weighted by molar-refractivity contribution is 5.82. The summed E-state index contributed by atoms with van der Waals surface area (Å²) in [5, 5.41) is 6.52. The summed E-state index contributed by atoms with van der Waals surface area (Å²) in [5.41, 5.74) is 4.07. The Morgan fingerprint density at radius 3 is 2.54 bits per heavy atom. The highest BCUT2D eigenvalue weighted by Gasteiger charge is 2.37. The molecular weight excluding hydrogens is 534 g/mol. The van der Waals surface area contributed by atoms with Crippen LogP contribution in [0.3, 0.4) is 0 Å². The van der Waals surface area contributed by atoms with E-state index in [2.05, 4.69) is 15.0 Å². The van der Waals surface area contributed by atoms with E-state index in [1.807, 2.05) is 37.3 Å². The van der Waals surface area contributed by atoms with Gasteiger partial charge in [0.05, 0.1) is 30.8 Å². The summed E-state index contributed by atoms with van der Waals surface area (Å²) in [6.45, 7) is 3.21. The van der Waals surface area contributed by atoms with E-state index in [9.17, 15) is 13.6 Å². The molecule has 1 aliphatic heterocycles. The number of aromatic nitrogens is 5. The number of halogens is 2. The molecule has 1 saturated heterocycles. The number of ketones is 1. The van der Waals surface area contributed by atoms with Crippen molar-refractivity contribution in [3.63, 3.8) is 0 Å². The molecule has 0 bridgehead atoms. The second-order valence-electron chi connectivity index (χ2n) is 9.75. The summed E-state index contributed by atoms with van der Waals surface area (Å²) < 4.78 is 39.5. The third-order valence-corrected chi connectivity index (χ3v) is 7.00. The molecule has 4 heterocycles. The fraction of sp³-hybridized carbons (Fsp3) is 0.345. The zero-order chi connectivity index (χ0) is 28.9. The lowest BCUT2D eigenvalue weighted by Gasteiger charge is -2.17. The Morgan fingerprint density at radius 2 is 1.85 bits per heavy atom. The van der Waals surface area contributed by atoms with Crippen LogP contribution < -0.4 is 4.74 Å². The summed E-state index contributed by atoms with van der Waals surface area (Å²) in [7, 11) is 3.08. The van der Waals surface area contributed by atoms with Gasteiger partial charge in [-0.25, -0.2) is 24.0 Å². The third kappa shape index (κ3) is 6.29. The van der Waals surface area contributed by atoms with Gasteiger partial charge in [-0.05, 0) is 30.7 Å². The van der Waals surface area contributed by atoms with Crippen LogP contribution in [-0.4, -0.2) is 69.5 Å². The van der Waals surface area contributed by atoms with Gasteiger partial charge in [0.25, 0.3) is 0 Å². The number of benzene rings is 1. The maximum atomic E-state index is 14.0. The highest BCUT2D eigenvalue weighted by Crippen LogP contribution is 2.37. The average Bonchev–Trinajstić information content (AvgIpc) is 3.54. The molecule has 0 N–H and O–H groups in total. The Morgan fingerprint density at radius 1 is 1.10 bits per heavy atom. The van der Waals surface area contributed by atoms with Crippen molar-refractivity contribution in [1.82, 2.24) is 29.8 Å². The molecule has 1 fully saturated rings. The summed E-state index contributed by atoms with van der Waals surface area (Å²) in [4.78, 5) is 31.6. The lowest BCUT2D eigenvalue weighted by molar-refractivity contribution is -0.155. The van der Waals surface area contributed by atoms with Crippen molar-refractivity contribution in [2.24, 2.45) is 5.92 Å². The number of carbonyl (C=O) groups is 1. The first kappa shape index (κ1) is 28.4. The minimum Gasteiger partial charge on any atom is -0.467 e. The second-order valence-corrected chi connectivity index (χ2v) is 9.75. The third-order valence-electron chi connectivity index (χ3n) is 7.00. The molecule has 4 aromatic rings. The number of hydrogen-bond acceptors (Lipinski definition) is 9. The molecule has 0 unspecified atom stereocenters. The lowest BCUT2D eigenvalue weighted by Crippen LogP contribution is -2.24. The van der Waals surface area contributed by atoms with Crippen molar-refractivity contribution < 1.29 is 27.9 Å². The second kappa shape index (κ2) is 12.6. The van der Waals surface area contributed by atoms with Crippen LogP contribution in [0.25, 0.3) is 16.9 Å². The standard InChI is InChI=1S/C29H30F2N6O4/c1-18-25(37(22-7-5-4-6-8-22)35-26(18)21-15-33-29(40-3)34-16-21)13-23(38)11-20-17-36(9-10-39-2)41-27(20)19-12-24(30)28(31)32-14-19/h4-8,12,14-16,20,27H,9-11,13,17H2,1-3H3/t20-,27+/m0/s1. The van der Waals surface area contributed by atoms with Gasteiger partial charge in [-0.15, -0.1) is 0 Å². The van der Waals surface area contributed by atoms with E-state index >= 15 is 0 Å². The van der Waals surface area contributed by atoms with Crippen molar-refractivity contribution in [2.75, 3.05) is 33.9 Å². The van der Waals surface area contributed by atoms with Gasteiger partial charge < -0.3 is 9.47 Å². The zero-order valence-corrected chi connectivity index (χ0v) is 23.0. The number of nitrogens with zero attached hydrogens (tertiary/aromatic N) is 6. The number of ether oxygens (including phenoxy) is 2. The molecule has 0 aliphatic carbocycles. The van der Waals surface area contributed by atoms with Gasteiger partial charge in [0.2, 0.25) is 5.95 Å². The number of hydrogen-bond donors (Lipinski definition) is 0. The van der Waals surface area contributed by atoms with E-state index in [1.165, 1.54) is 13.3 Å². The fourth-order valence-corrected chi connectivity index (χ4v) is 4.97. The van der Waals surface area contributed by atoms with Crippen LogP contribution in [0.4, 0.5) is 8.78 Å². The molecule has 214 valence electrons.